The van der Waals surface area contributed by atoms with Gasteiger partial charge in [-0.3, -0.25) is 9.69 Å². The van der Waals surface area contributed by atoms with Crippen molar-refractivity contribution in [2.45, 2.75) is 25.9 Å². The molecule has 1 aliphatic rings. The molecular formula is C11H21N3O. The van der Waals surface area contributed by atoms with Gasteiger partial charge in [0.15, 0.2) is 0 Å². The molecule has 0 radical (unpaired) electrons. The first kappa shape index (κ1) is 12.2. The zero-order valence-corrected chi connectivity index (χ0v) is 9.62. The highest BCUT2D eigenvalue weighted by molar-refractivity contribution is 5.81. The fraction of sp³-hybridized carbons (Fsp3) is 0.727. The first-order valence-electron chi connectivity index (χ1n) is 5.52. The summed E-state index contributed by atoms with van der Waals surface area (Å²) in [6.07, 6.45) is 1.70. The van der Waals surface area contributed by atoms with Gasteiger partial charge in [0.2, 0.25) is 5.91 Å². The highest BCUT2D eigenvalue weighted by Gasteiger charge is 2.26. The Bertz CT molecular complexity index is 230. The SMILES string of the molecule is C=CCNC(=O)C(C)N1CCNC[C@H]1C. The highest BCUT2D eigenvalue weighted by atomic mass is 16.2. The van der Waals surface area contributed by atoms with Gasteiger partial charge >= 0.3 is 0 Å². The van der Waals surface area contributed by atoms with Crippen LogP contribution in [0.1, 0.15) is 13.8 Å². The molecule has 2 atom stereocenters. The Kier molecular flexibility index (Phi) is 4.78. The number of amides is 1. The molecule has 1 unspecified atom stereocenters. The van der Waals surface area contributed by atoms with Crippen LogP contribution in [0.4, 0.5) is 0 Å². The summed E-state index contributed by atoms with van der Waals surface area (Å²) in [5.41, 5.74) is 0. The van der Waals surface area contributed by atoms with Crippen LogP contribution in [0.25, 0.3) is 0 Å². The normalized spacial score (nSPS) is 24.5. The minimum absolute atomic E-state index is 0.0537. The second kappa shape index (κ2) is 5.88. The van der Waals surface area contributed by atoms with Gasteiger partial charge in [0.1, 0.15) is 0 Å². The molecule has 1 fully saturated rings. The molecule has 0 aromatic carbocycles. The summed E-state index contributed by atoms with van der Waals surface area (Å²) < 4.78 is 0. The molecule has 4 heteroatoms. The van der Waals surface area contributed by atoms with Crippen LogP contribution < -0.4 is 10.6 Å². The lowest BCUT2D eigenvalue weighted by Gasteiger charge is -2.37. The molecule has 4 nitrogen and oxygen atoms in total. The second-order valence-corrected chi connectivity index (χ2v) is 4.00. The van der Waals surface area contributed by atoms with Crippen molar-refractivity contribution < 1.29 is 4.79 Å². The predicted molar refractivity (Wildman–Crippen MR) is 61.7 cm³/mol. The molecule has 1 saturated heterocycles. The van der Waals surface area contributed by atoms with Gasteiger partial charge in [0.25, 0.3) is 0 Å². The van der Waals surface area contributed by atoms with E-state index in [0.29, 0.717) is 12.6 Å². The van der Waals surface area contributed by atoms with Gasteiger partial charge in [-0.25, -0.2) is 0 Å². The fourth-order valence-corrected chi connectivity index (χ4v) is 1.90. The summed E-state index contributed by atoms with van der Waals surface area (Å²) in [4.78, 5) is 14.0. The average Bonchev–Trinajstić information content (AvgIpc) is 2.25. The molecule has 0 aromatic heterocycles. The molecule has 15 heavy (non-hydrogen) atoms. The van der Waals surface area contributed by atoms with Gasteiger partial charge in [0.05, 0.1) is 6.04 Å². The van der Waals surface area contributed by atoms with E-state index in [1.807, 2.05) is 6.92 Å². The van der Waals surface area contributed by atoms with Gasteiger partial charge in [-0.05, 0) is 13.8 Å². The number of carbonyl (C=O) groups excluding carboxylic acids is 1. The van der Waals surface area contributed by atoms with Crippen LogP contribution in [0, 0.1) is 0 Å². The number of hydrogen-bond acceptors (Lipinski definition) is 3. The van der Waals surface area contributed by atoms with E-state index in [-0.39, 0.29) is 11.9 Å². The molecule has 1 heterocycles. The lowest BCUT2D eigenvalue weighted by Crippen LogP contribution is -2.57. The number of rotatable bonds is 4. The van der Waals surface area contributed by atoms with Crippen molar-refractivity contribution in [2.75, 3.05) is 26.2 Å². The summed E-state index contributed by atoms with van der Waals surface area (Å²) in [7, 11) is 0. The van der Waals surface area contributed by atoms with Crippen molar-refractivity contribution in [1.29, 1.82) is 0 Å². The molecule has 1 rings (SSSR count). The number of nitrogens with zero attached hydrogens (tertiary/aromatic N) is 1. The highest BCUT2D eigenvalue weighted by Crippen LogP contribution is 2.07. The molecule has 0 aromatic rings. The molecule has 1 aliphatic heterocycles. The van der Waals surface area contributed by atoms with E-state index in [9.17, 15) is 4.79 Å². The minimum atomic E-state index is -0.0537. The Morgan fingerprint density at radius 1 is 1.80 bits per heavy atom. The summed E-state index contributed by atoms with van der Waals surface area (Å²) >= 11 is 0. The monoisotopic (exact) mass is 211 g/mol. The maximum atomic E-state index is 11.7. The van der Waals surface area contributed by atoms with Gasteiger partial charge < -0.3 is 10.6 Å². The lowest BCUT2D eigenvalue weighted by atomic mass is 10.1. The second-order valence-electron chi connectivity index (χ2n) is 4.00. The van der Waals surface area contributed by atoms with Crippen LogP contribution in [-0.2, 0) is 4.79 Å². The molecule has 86 valence electrons. The Morgan fingerprint density at radius 3 is 3.13 bits per heavy atom. The minimum Gasteiger partial charge on any atom is -0.351 e. The topological polar surface area (TPSA) is 44.4 Å². The van der Waals surface area contributed by atoms with Crippen molar-refractivity contribution in [3.63, 3.8) is 0 Å². The molecule has 0 spiro atoms. The molecule has 1 amide bonds. The quantitative estimate of drug-likeness (QED) is 0.642. The van der Waals surface area contributed by atoms with Crippen LogP contribution in [0.5, 0.6) is 0 Å². The maximum Gasteiger partial charge on any atom is 0.237 e. The average molecular weight is 211 g/mol. The summed E-state index contributed by atoms with van der Waals surface area (Å²) in [5.74, 6) is 0.0867. The number of hydrogen-bond donors (Lipinski definition) is 2. The Morgan fingerprint density at radius 2 is 2.53 bits per heavy atom. The molecule has 0 saturated carbocycles. The van der Waals surface area contributed by atoms with Crippen molar-refractivity contribution in [2.24, 2.45) is 0 Å². The Hall–Kier alpha value is -0.870. The summed E-state index contributed by atoms with van der Waals surface area (Å²) in [6, 6.07) is 0.366. The Balaban J connectivity index is 2.46. The van der Waals surface area contributed by atoms with Crippen molar-refractivity contribution in [3.8, 4) is 0 Å². The predicted octanol–water partition coefficient (Wildman–Crippen LogP) is -0.0292. The first-order chi connectivity index (χ1) is 7.16. The lowest BCUT2D eigenvalue weighted by molar-refractivity contribution is -0.126. The van der Waals surface area contributed by atoms with E-state index in [1.165, 1.54) is 0 Å². The van der Waals surface area contributed by atoms with E-state index in [4.69, 9.17) is 0 Å². The summed E-state index contributed by atoms with van der Waals surface area (Å²) in [5, 5.41) is 6.14. The van der Waals surface area contributed by atoms with Gasteiger partial charge in [0, 0.05) is 32.2 Å². The number of carbonyl (C=O) groups is 1. The zero-order valence-electron chi connectivity index (χ0n) is 9.62. The Labute approximate surface area is 91.7 Å². The van der Waals surface area contributed by atoms with Crippen LogP contribution in [0.3, 0.4) is 0 Å². The first-order valence-corrected chi connectivity index (χ1v) is 5.52. The van der Waals surface area contributed by atoms with E-state index in [0.717, 1.165) is 19.6 Å². The van der Waals surface area contributed by atoms with Crippen LogP contribution in [-0.4, -0.2) is 49.1 Å². The van der Waals surface area contributed by atoms with Crippen LogP contribution in [0.2, 0.25) is 0 Å². The smallest absolute Gasteiger partial charge is 0.237 e. The molecule has 0 aliphatic carbocycles. The van der Waals surface area contributed by atoms with Crippen LogP contribution >= 0.6 is 0 Å². The zero-order chi connectivity index (χ0) is 11.3. The van der Waals surface area contributed by atoms with E-state index in [2.05, 4.69) is 29.0 Å². The van der Waals surface area contributed by atoms with Gasteiger partial charge in [-0.1, -0.05) is 6.08 Å². The van der Waals surface area contributed by atoms with Gasteiger partial charge in [-0.2, -0.15) is 0 Å². The third kappa shape index (κ3) is 3.32. The third-order valence-corrected chi connectivity index (χ3v) is 2.85. The fourth-order valence-electron chi connectivity index (χ4n) is 1.90. The van der Waals surface area contributed by atoms with E-state index < -0.39 is 0 Å². The summed E-state index contributed by atoms with van der Waals surface area (Å²) in [6.45, 7) is 11.1. The van der Waals surface area contributed by atoms with Crippen molar-refractivity contribution >= 4 is 5.91 Å². The maximum absolute atomic E-state index is 11.7. The van der Waals surface area contributed by atoms with Crippen molar-refractivity contribution in [1.82, 2.24) is 15.5 Å². The molecule has 2 N–H and O–H groups in total. The molecule has 0 bridgehead atoms. The van der Waals surface area contributed by atoms with Crippen molar-refractivity contribution in [3.05, 3.63) is 12.7 Å². The van der Waals surface area contributed by atoms with E-state index >= 15 is 0 Å². The van der Waals surface area contributed by atoms with Crippen LogP contribution in [0.15, 0.2) is 12.7 Å². The van der Waals surface area contributed by atoms with Gasteiger partial charge in [-0.15, -0.1) is 6.58 Å². The largest absolute Gasteiger partial charge is 0.351 e. The molecular weight excluding hydrogens is 190 g/mol. The number of nitrogens with one attached hydrogen (secondary N) is 2. The van der Waals surface area contributed by atoms with E-state index in [1.54, 1.807) is 6.08 Å². The third-order valence-electron chi connectivity index (χ3n) is 2.85. The standard InChI is InChI=1S/C11H21N3O/c1-4-5-13-11(15)10(3)14-7-6-12-8-9(14)2/h4,9-10,12H,1,5-8H2,2-3H3,(H,13,15)/t9-,10?/m1/s1. The number of piperazine rings is 1.